The first-order chi connectivity index (χ1) is 8.10. The van der Waals surface area contributed by atoms with Crippen molar-refractivity contribution >= 4 is 15.9 Å². The Hall–Kier alpha value is -0.370. The molecule has 0 aliphatic carbocycles. The van der Waals surface area contributed by atoms with Gasteiger partial charge in [-0.05, 0) is 42.9 Å². The van der Waals surface area contributed by atoms with Gasteiger partial charge in [-0.1, -0.05) is 54.8 Å². The third-order valence-electron chi connectivity index (χ3n) is 3.23. The highest BCUT2D eigenvalue weighted by atomic mass is 79.9. The van der Waals surface area contributed by atoms with E-state index in [0.29, 0.717) is 10.7 Å². The average Bonchev–Trinajstić information content (AvgIpc) is 2.31. The van der Waals surface area contributed by atoms with Crippen molar-refractivity contribution < 1.29 is 4.39 Å². The van der Waals surface area contributed by atoms with Crippen molar-refractivity contribution in [3.63, 3.8) is 0 Å². The van der Waals surface area contributed by atoms with Crippen LogP contribution in [0.15, 0.2) is 18.2 Å². The molecule has 1 unspecified atom stereocenters. The van der Waals surface area contributed by atoms with Gasteiger partial charge in [0.1, 0.15) is 5.82 Å². The van der Waals surface area contributed by atoms with Crippen LogP contribution in [0.1, 0.15) is 55.5 Å². The zero-order valence-electron chi connectivity index (χ0n) is 11.0. The minimum Gasteiger partial charge on any atom is -0.207 e. The molecule has 96 valence electrons. The molecule has 1 aromatic rings. The quantitative estimate of drug-likeness (QED) is 0.584. The van der Waals surface area contributed by atoms with Gasteiger partial charge >= 0.3 is 0 Å². The Balaban J connectivity index is 2.84. The Kier molecular flexibility index (Phi) is 6.18. The van der Waals surface area contributed by atoms with Crippen LogP contribution in [0.5, 0.6) is 0 Å². The summed E-state index contributed by atoms with van der Waals surface area (Å²) in [4.78, 5) is 0.349. The van der Waals surface area contributed by atoms with E-state index in [-0.39, 0.29) is 5.82 Å². The van der Waals surface area contributed by atoms with E-state index in [9.17, 15) is 4.39 Å². The fourth-order valence-electron chi connectivity index (χ4n) is 2.29. The van der Waals surface area contributed by atoms with E-state index in [4.69, 9.17) is 0 Å². The molecule has 0 saturated heterocycles. The van der Waals surface area contributed by atoms with Crippen LogP contribution in [-0.2, 0) is 0 Å². The monoisotopic (exact) mass is 300 g/mol. The molecule has 0 nitrogen and oxygen atoms in total. The van der Waals surface area contributed by atoms with Crippen LogP contribution >= 0.6 is 15.9 Å². The van der Waals surface area contributed by atoms with Gasteiger partial charge in [-0.25, -0.2) is 4.39 Å². The van der Waals surface area contributed by atoms with E-state index < -0.39 is 0 Å². The first-order valence-corrected chi connectivity index (χ1v) is 7.41. The molecule has 0 N–H and O–H groups in total. The van der Waals surface area contributed by atoms with Gasteiger partial charge in [0.15, 0.2) is 0 Å². The lowest BCUT2D eigenvalue weighted by Crippen LogP contribution is -2.08. The van der Waals surface area contributed by atoms with Gasteiger partial charge < -0.3 is 0 Å². The van der Waals surface area contributed by atoms with Crippen LogP contribution in [0.4, 0.5) is 4.39 Å². The normalized spacial score (nSPS) is 13.1. The number of hydrogen-bond acceptors (Lipinski definition) is 0. The van der Waals surface area contributed by atoms with Crippen molar-refractivity contribution in [2.45, 2.75) is 51.3 Å². The summed E-state index contributed by atoms with van der Waals surface area (Å²) in [6, 6.07) is 5.45. The topological polar surface area (TPSA) is 0 Å². The lowest BCUT2D eigenvalue weighted by Gasteiger charge is -2.22. The maximum atomic E-state index is 13.2. The summed E-state index contributed by atoms with van der Waals surface area (Å²) < 4.78 is 13.2. The van der Waals surface area contributed by atoms with E-state index in [1.165, 1.54) is 31.2 Å². The van der Waals surface area contributed by atoms with E-state index in [0.717, 1.165) is 5.56 Å². The molecule has 0 fully saturated rings. The van der Waals surface area contributed by atoms with Gasteiger partial charge in [0.25, 0.3) is 0 Å². The number of hydrogen-bond donors (Lipinski definition) is 0. The molecule has 0 saturated carbocycles. The molecule has 0 radical (unpaired) electrons. The van der Waals surface area contributed by atoms with Gasteiger partial charge in [-0.2, -0.15) is 0 Å². The number of aryl methyl sites for hydroxylation is 1. The first-order valence-electron chi connectivity index (χ1n) is 6.50. The number of halogens is 2. The Morgan fingerprint density at radius 3 is 2.24 bits per heavy atom. The molecular weight excluding hydrogens is 279 g/mol. The molecule has 1 aromatic carbocycles. The van der Waals surface area contributed by atoms with Crippen LogP contribution in [-0.4, -0.2) is 0 Å². The van der Waals surface area contributed by atoms with Crippen molar-refractivity contribution in [1.82, 2.24) is 0 Å². The maximum Gasteiger partial charge on any atom is 0.126 e. The van der Waals surface area contributed by atoms with Crippen LogP contribution in [0, 0.1) is 18.7 Å². The summed E-state index contributed by atoms with van der Waals surface area (Å²) in [5.74, 6) is 0.533. The lowest BCUT2D eigenvalue weighted by atomic mass is 9.90. The molecule has 0 spiro atoms. The predicted molar refractivity (Wildman–Crippen MR) is 76.1 cm³/mol. The first kappa shape index (κ1) is 14.7. The lowest BCUT2D eigenvalue weighted by molar-refractivity contribution is 0.434. The highest BCUT2D eigenvalue weighted by Gasteiger charge is 2.19. The van der Waals surface area contributed by atoms with E-state index in [1.807, 2.05) is 19.1 Å². The number of alkyl halides is 1. The molecule has 0 aromatic heterocycles. The second-order valence-corrected chi connectivity index (χ2v) is 5.73. The summed E-state index contributed by atoms with van der Waals surface area (Å²) >= 11 is 3.79. The van der Waals surface area contributed by atoms with Crippen LogP contribution in [0.2, 0.25) is 0 Å². The Morgan fingerprint density at radius 1 is 1.18 bits per heavy atom. The van der Waals surface area contributed by atoms with Gasteiger partial charge in [-0.15, -0.1) is 0 Å². The molecule has 1 rings (SSSR count). The van der Waals surface area contributed by atoms with Crippen LogP contribution in [0.25, 0.3) is 0 Å². The SMILES string of the molecule is CCCC(CCC)C(Br)c1ccc(F)c(C)c1. The fourth-order valence-corrected chi connectivity index (χ4v) is 3.10. The number of rotatable bonds is 6. The smallest absolute Gasteiger partial charge is 0.126 e. The summed E-state index contributed by atoms with van der Waals surface area (Å²) in [7, 11) is 0. The highest BCUT2D eigenvalue weighted by molar-refractivity contribution is 9.09. The average molecular weight is 301 g/mol. The van der Waals surface area contributed by atoms with Crippen molar-refractivity contribution in [2.24, 2.45) is 5.92 Å². The fraction of sp³-hybridized carbons (Fsp3) is 0.600. The van der Waals surface area contributed by atoms with Crippen molar-refractivity contribution in [3.8, 4) is 0 Å². The molecule has 17 heavy (non-hydrogen) atoms. The molecule has 0 bridgehead atoms. The molecule has 0 heterocycles. The largest absolute Gasteiger partial charge is 0.207 e. The number of benzene rings is 1. The minimum absolute atomic E-state index is 0.115. The van der Waals surface area contributed by atoms with E-state index in [1.54, 1.807) is 6.07 Å². The Labute approximate surface area is 113 Å². The third-order valence-corrected chi connectivity index (χ3v) is 4.51. The summed E-state index contributed by atoms with van der Waals surface area (Å²) in [6.07, 6.45) is 4.85. The maximum absolute atomic E-state index is 13.2. The summed E-state index contributed by atoms with van der Waals surface area (Å²) in [6.45, 7) is 6.27. The zero-order chi connectivity index (χ0) is 12.8. The molecular formula is C15H22BrF. The Bertz CT molecular complexity index is 343. The highest BCUT2D eigenvalue weighted by Crippen LogP contribution is 2.37. The van der Waals surface area contributed by atoms with Gasteiger partial charge in [0.05, 0.1) is 0 Å². The van der Waals surface area contributed by atoms with Gasteiger partial charge in [0.2, 0.25) is 0 Å². The minimum atomic E-state index is -0.115. The standard InChI is InChI=1S/C15H22BrF/c1-4-6-12(7-5-2)15(16)13-8-9-14(17)11(3)10-13/h8-10,12,15H,4-7H2,1-3H3. The van der Waals surface area contributed by atoms with Gasteiger partial charge in [0, 0.05) is 4.83 Å². The molecule has 2 heteroatoms. The van der Waals surface area contributed by atoms with E-state index >= 15 is 0 Å². The van der Waals surface area contributed by atoms with Gasteiger partial charge in [-0.3, -0.25) is 0 Å². The second-order valence-electron chi connectivity index (χ2n) is 4.75. The third kappa shape index (κ3) is 4.09. The van der Waals surface area contributed by atoms with Crippen molar-refractivity contribution in [3.05, 3.63) is 35.1 Å². The zero-order valence-corrected chi connectivity index (χ0v) is 12.6. The molecule has 0 aliphatic rings. The van der Waals surface area contributed by atoms with E-state index in [2.05, 4.69) is 29.8 Å². The van der Waals surface area contributed by atoms with Crippen molar-refractivity contribution in [1.29, 1.82) is 0 Å². The van der Waals surface area contributed by atoms with Crippen LogP contribution < -0.4 is 0 Å². The molecule has 0 amide bonds. The second kappa shape index (κ2) is 7.15. The summed E-state index contributed by atoms with van der Waals surface area (Å²) in [5.41, 5.74) is 1.94. The molecule has 0 aliphatic heterocycles. The Morgan fingerprint density at radius 2 is 1.76 bits per heavy atom. The molecule has 1 atom stereocenters. The summed E-state index contributed by atoms with van der Waals surface area (Å²) in [5, 5.41) is 0. The van der Waals surface area contributed by atoms with Crippen molar-refractivity contribution in [2.75, 3.05) is 0 Å². The van der Waals surface area contributed by atoms with Crippen LogP contribution in [0.3, 0.4) is 0 Å². The predicted octanol–water partition coefficient (Wildman–Crippen LogP) is 5.79.